The van der Waals surface area contributed by atoms with Gasteiger partial charge in [-0.15, -0.1) is 16.9 Å². The van der Waals surface area contributed by atoms with E-state index in [4.69, 9.17) is 9.73 Å². The van der Waals surface area contributed by atoms with Gasteiger partial charge in [0.2, 0.25) is 0 Å². The van der Waals surface area contributed by atoms with Crippen molar-refractivity contribution in [2.45, 2.75) is 33.1 Å². The lowest BCUT2D eigenvalue weighted by atomic mass is 10.0. The fourth-order valence-electron chi connectivity index (χ4n) is 3.24. The van der Waals surface area contributed by atoms with Gasteiger partial charge in [-0.05, 0) is 36.6 Å². The quantitative estimate of drug-likeness (QED) is 0.342. The fourth-order valence-corrected chi connectivity index (χ4v) is 4.51. The lowest BCUT2D eigenvalue weighted by Crippen LogP contribution is -2.16. The monoisotopic (exact) mass is 433 g/mol. The molecule has 1 aromatic carbocycles. The Hall–Kier alpha value is -2.95. The Morgan fingerprint density at radius 3 is 2.83 bits per heavy atom. The SMILES string of the molecule is CCOC(=O)c1ncn2c1CN=C(c1cccs1)c1cc(C#C[Si](C)(C)C)ccc1-2. The van der Waals surface area contributed by atoms with Crippen LogP contribution < -0.4 is 0 Å². The van der Waals surface area contributed by atoms with Crippen molar-refractivity contribution in [1.82, 2.24) is 9.55 Å². The number of hydrogen-bond donors (Lipinski definition) is 0. The second-order valence-corrected chi connectivity index (χ2v) is 13.7. The highest BCUT2D eigenvalue weighted by molar-refractivity contribution is 7.12. The Morgan fingerprint density at radius 2 is 2.13 bits per heavy atom. The number of imidazole rings is 1. The highest BCUT2D eigenvalue weighted by atomic mass is 32.1. The highest BCUT2D eigenvalue weighted by Gasteiger charge is 2.25. The van der Waals surface area contributed by atoms with E-state index in [0.29, 0.717) is 18.8 Å². The number of fused-ring (bicyclic) bond motifs is 3. The van der Waals surface area contributed by atoms with Crippen LogP contribution in [0.3, 0.4) is 0 Å². The van der Waals surface area contributed by atoms with Gasteiger partial charge in [0, 0.05) is 11.1 Å². The Balaban J connectivity index is 1.89. The average molecular weight is 434 g/mol. The summed E-state index contributed by atoms with van der Waals surface area (Å²) in [5.74, 6) is 2.93. The standard InChI is InChI=1S/C23H23N3O2SSi/c1-5-28-23(27)22-19-14-24-21(20-7-6-11-29-20)17-13-16(10-12-30(2,3)4)8-9-18(17)26(19)15-25-22/h6-9,11,13,15H,5,14H2,1-4H3. The van der Waals surface area contributed by atoms with E-state index in [0.717, 1.165) is 33.1 Å². The summed E-state index contributed by atoms with van der Waals surface area (Å²) in [5, 5.41) is 2.04. The molecule has 152 valence electrons. The average Bonchev–Trinajstić information content (AvgIpc) is 3.34. The summed E-state index contributed by atoms with van der Waals surface area (Å²) in [7, 11) is -1.49. The number of nitrogens with zero attached hydrogens (tertiary/aromatic N) is 3. The summed E-state index contributed by atoms with van der Waals surface area (Å²) >= 11 is 1.65. The molecule has 3 aromatic rings. The molecule has 0 amide bonds. The zero-order valence-corrected chi connectivity index (χ0v) is 19.3. The molecular formula is C23H23N3O2SSi. The molecule has 2 aromatic heterocycles. The lowest BCUT2D eigenvalue weighted by molar-refractivity contribution is 0.0518. The minimum atomic E-state index is -1.49. The van der Waals surface area contributed by atoms with Crippen molar-refractivity contribution < 1.29 is 9.53 Å². The second kappa shape index (κ2) is 8.05. The number of thiophene rings is 1. The van der Waals surface area contributed by atoms with Crippen LogP contribution in [0.2, 0.25) is 19.6 Å². The molecule has 0 spiro atoms. The Labute approximate surface area is 181 Å². The third kappa shape index (κ3) is 4.02. The van der Waals surface area contributed by atoms with Gasteiger partial charge in [0.1, 0.15) is 14.4 Å². The summed E-state index contributed by atoms with van der Waals surface area (Å²) < 4.78 is 7.13. The Bertz CT molecular complexity index is 1190. The minimum Gasteiger partial charge on any atom is -0.461 e. The van der Waals surface area contributed by atoms with Crippen molar-refractivity contribution >= 4 is 31.1 Å². The Morgan fingerprint density at radius 1 is 1.30 bits per heavy atom. The number of aromatic nitrogens is 2. The molecule has 0 aliphatic carbocycles. The van der Waals surface area contributed by atoms with Gasteiger partial charge in [0.05, 0.1) is 35.1 Å². The van der Waals surface area contributed by atoms with Crippen LogP contribution in [0.5, 0.6) is 0 Å². The van der Waals surface area contributed by atoms with Crippen molar-refractivity contribution in [3.63, 3.8) is 0 Å². The van der Waals surface area contributed by atoms with Crippen molar-refractivity contribution in [3.05, 3.63) is 69.4 Å². The number of hydrogen-bond acceptors (Lipinski definition) is 5. The van der Waals surface area contributed by atoms with Crippen LogP contribution >= 0.6 is 11.3 Å². The van der Waals surface area contributed by atoms with Gasteiger partial charge < -0.3 is 4.74 Å². The van der Waals surface area contributed by atoms with Crippen molar-refractivity contribution in [3.8, 4) is 17.2 Å². The zero-order chi connectivity index (χ0) is 21.3. The van der Waals surface area contributed by atoms with E-state index >= 15 is 0 Å². The number of carbonyl (C=O) groups excluding carboxylic acids is 1. The number of aliphatic imine (C=N–C) groups is 1. The Kier molecular flexibility index (Phi) is 5.46. The molecule has 0 unspecified atom stereocenters. The summed E-state index contributed by atoms with van der Waals surface area (Å²) in [6, 6.07) is 10.3. The van der Waals surface area contributed by atoms with E-state index in [2.05, 4.69) is 48.2 Å². The van der Waals surface area contributed by atoms with Crippen LogP contribution in [0.4, 0.5) is 0 Å². The molecule has 5 nitrogen and oxygen atoms in total. The first-order valence-corrected chi connectivity index (χ1v) is 14.2. The van der Waals surface area contributed by atoms with E-state index in [9.17, 15) is 4.79 Å². The van der Waals surface area contributed by atoms with Gasteiger partial charge in [-0.25, -0.2) is 9.78 Å². The largest absolute Gasteiger partial charge is 0.461 e. The van der Waals surface area contributed by atoms with Gasteiger partial charge >= 0.3 is 5.97 Å². The predicted octanol–water partition coefficient (Wildman–Crippen LogP) is 4.69. The molecule has 0 saturated heterocycles. The molecule has 0 atom stereocenters. The molecular weight excluding hydrogens is 410 g/mol. The van der Waals surface area contributed by atoms with Crippen LogP contribution in [0.25, 0.3) is 5.69 Å². The maximum Gasteiger partial charge on any atom is 0.358 e. The predicted molar refractivity (Wildman–Crippen MR) is 123 cm³/mol. The minimum absolute atomic E-state index is 0.310. The van der Waals surface area contributed by atoms with E-state index in [1.165, 1.54) is 0 Å². The first-order chi connectivity index (χ1) is 14.4. The summed E-state index contributed by atoms with van der Waals surface area (Å²) in [6.45, 7) is 9.15. The molecule has 0 saturated carbocycles. The topological polar surface area (TPSA) is 56.5 Å². The van der Waals surface area contributed by atoms with Gasteiger partial charge in [-0.1, -0.05) is 31.6 Å². The third-order valence-electron chi connectivity index (χ3n) is 4.57. The molecule has 3 heterocycles. The number of rotatable bonds is 3. The molecule has 0 fully saturated rings. The molecule has 4 rings (SSSR count). The van der Waals surface area contributed by atoms with E-state index in [1.807, 2.05) is 28.1 Å². The highest BCUT2D eigenvalue weighted by Crippen LogP contribution is 2.29. The van der Waals surface area contributed by atoms with Crippen LogP contribution in [0.15, 0.2) is 47.0 Å². The molecule has 1 aliphatic heterocycles. The summed E-state index contributed by atoms with van der Waals surface area (Å²) in [6.07, 6.45) is 1.68. The van der Waals surface area contributed by atoms with Crippen molar-refractivity contribution in [1.29, 1.82) is 0 Å². The number of benzene rings is 1. The van der Waals surface area contributed by atoms with E-state index < -0.39 is 14.0 Å². The van der Waals surface area contributed by atoms with Crippen LogP contribution in [-0.4, -0.2) is 35.9 Å². The summed E-state index contributed by atoms with van der Waals surface area (Å²) in [4.78, 5) is 22.7. The second-order valence-electron chi connectivity index (χ2n) is 8.00. The van der Waals surface area contributed by atoms with Gasteiger partial charge in [0.15, 0.2) is 5.69 Å². The maximum atomic E-state index is 12.4. The van der Waals surface area contributed by atoms with Gasteiger partial charge in [0.25, 0.3) is 0 Å². The lowest BCUT2D eigenvalue weighted by Gasteiger charge is -2.12. The molecule has 0 radical (unpaired) electrons. The summed E-state index contributed by atoms with van der Waals surface area (Å²) in [5.41, 5.74) is 8.31. The maximum absolute atomic E-state index is 12.4. The van der Waals surface area contributed by atoms with Crippen LogP contribution in [0.1, 0.15) is 39.1 Å². The zero-order valence-electron chi connectivity index (χ0n) is 17.5. The van der Waals surface area contributed by atoms with Crippen molar-refractivity contribution in [2.24, 2.45) is 4.99 Å². The first kappa shape index (κ1) is 20.3. The smallest absolute Gasteiger partial charge is 0.358 e. The normalized spacial score (nSPS) is 12.7. The van der Waals surface area contributed by atoms with Crippen LogP contribution in [0, 0.1) is 11.5 Å². The first-order valence-electron chi connectivity index (χ1n) is 9.87. The van der Waals surface area contributed by atoms with E-state index in [-0.39, 0.29) is 0 Å². The number of ether oxygens (including phenoxy) is 1. The molecule has 30 heavy (non-hydrogen) atoms. The van der Waals surface area contributed by atoms with Crippen LogP contribution in [-0.2, 0) is 11.3 Å². The van der Waals surface area contributed by atoms with Crippen molar-refractivity contribution in [2.75, 3.05) is 6.61 Å². The number of esters is 1. The number of carbonyl (C=O) groups is 1. The van der Waals surface area contributed by atoms with Gasteiger partial charge in [-0.2, -0.15) is 0 Å². The van der Waals surface area contributed by atoms with Gasteiger partial charge in [-0.3, -0.25) is 9.56 Å². The fraction of sp³-hybridized carbons (Fsp3) is 0.261. The molecule has 0 bridgehead atoms. The molecule has 1 aliphatic rings. The molecule has 0 N–H and O–H groups in total. The third-order valence-corrected chi connectivity index (χ3v) is 6.32. The van der Waals surface area contributed by atoms with E-state index in [1.54, 1.807) is 24.6 Å². The molecule has 7 heteroatoms.